The smallest absolute Gasteiger partial charge is 0.253 e. The van der Waals surface area contributed by atoms with Crippen molar-refractivity contribution in [2.45, 2.75) is 0 Å². The molecule has 1 amide bonds. The van der Waals surface area contributed by atoms with Crippen molar-refractivity contribution in [2.75, 3.05) is 20.2 Å². The fourth-order valence-corrected chi connectivity index (χ4v) is 2.70. The van der Waals surface area contributed by atoms with Crippen LogP contribution in [0.4, 0.5) is 4.39 Å². The first-order chi connectivity index (χ1) is 13.6. The summed E-state index contributed by atoms with van der Waals surface area (Å²) in [6.45, 7) is 0.478. The van der Waals surface area contributed by atoms with Crippen molar-refractivity contribution in [3.05, 3.63) is 101 Å². The molecule has 0 saturated heterocycles. The summed E-state index contributed by atoms with van der Waals surface area (Å²) < 4.78 is 18.9. The van der Waals surface area contributed by atoms with E-state index in [2.05, 4.69) is 0 Å². The van der Waals surface area contributed by atoms with Gasteiger partial charge in [0.05, 0.1) is 6.54 Å². The summed E-state index contributed by atoms with van der Waals surface area (Å²) in [7, 11) is 1.65. The average Bonchev–Trinajstić information content (AvgIpc) is 2.74. The summed E-state index contributed by atoms with van der Waals surface area (Å²) in [4.78, 5) is 26.4. The van der Waals surface area contributed by atoms with E-state index < -0.39 is 5.82 Å². The molecule has 142 valence electrons. The molecule has 0 atom stereocenters. The van der Waals surface area contributed by atoms with Gasteiger partial charge in [0.2, 0.25) is 0 Å². The van der Waals surface area contributed by atoms with E-state index in [0.717, 1.165) is 0 Å². The summed E-state index contributed by atoms with van der Waals surface area (Å²) in [5.41, 5.74) is 1.59. The molecule has 3 aromatic carbocycles. The standard InChI is InChI=1S/C23H20FNO3/c1-25(15-16-28-21-10-6-5-9-20(21)24)23(27)19-13-11-18(12-14-19)22(26)17-7-3-2-4-8-17/h2-14H,15-16H2,1H3. The highest BCUT2D eigenvalue weighted by Crippen LogP contribution is 2.15. The minimum absolute atomic E-state index is 0.0914. The zero-order chi connectivity index (χ0) is 19.9. The molecule has 28 heavy (non-hydrogen) atoms. The van der Waals surface area contributed by atoms with Gasteiger partial charge in [-0.1, -0.05) is 54.6 Å². The Labute approximate surface area is 163 Å². The van der Waals surface area contributed by atoms with Crippen LogP contribution in [0.25, 0.3) is 0 Å². The van der Waals surface area contributed by atoms with Gasteiger partial charge in [-0.05, 0) is 24.3 Å². The molecule has 0 saturated carbocycles. The Balaban J connectivity index is 1.58. The number of halogens is 1. The number of ether oxygens (including phenoxy) is 1. The monoisotopic (exact) mass is 377 g/mol. The summed E-state index contributed by atoms with van der Waals surface area (Å²) in [5.74, 6) is -0.565. The highest BCUT2D eigenvalue weighted by Gasteiger charge is 2.14. The zero-order valence-electron chi connectivity index (χ0n) is 15.5. The Morgan fingerprint density at radius 1 is 0.821 bits per heavy atom. The first kappa shape index (κ1) is 19.3. The molecule has 0 unspecified atom stereocenters. The van der Waals surface area contributed by atoms with Crippen LogP contribution in [0, 0.1) is 5.82 Å². The summed E-state index contributed by atoms with van der Waals surface area (Å²) in [5, 5.41) is 0. The van der Waals surface area contributed by atoms with E-state index in [1.807, 2.05) is 18.2 Å². The quantitative estimate of drug-likeness (QED) is 0.580. The van der Waals surface area contributed by atoms with Crippen LogP contribution in [-0.2, 0) is 0 Å². The molecular weight excluding hydrogens is 357 g/mol. The molecule has 0 spiro atoms. The van der Waals surface area contributed by atoms with Gasteiger partial charge in [-0.25, -0.2) is 4.39 Å². The molecule has 0 aliphatic heterocycles. The highest BCUT2D eigenvalue weighted by atomic mass is 19.1. The molecule has 0 N–H and O–H groups in total. The second-order valence-electron chi connectivity index (χ2n) is 6.28. The third-order valence-corrected chi connectivity index (χ3v) is 4.30. The number of likely N-dealkylation sites (N-methyl/N-ethyl adjacent to an activating group) is 1. The fraction of sp³-hybridized carbons (Fsp3) is 0.130. The number of hydrogen-bond donors (Lipinski definition) is 0. The SMILES string of the molecule is CN(CCOc1ccccc1F)C(=O)c1ccc(C(=O)c2ccccc2)cc1. The van der Waals surface area contributed by atoms with E-state index >= 15 is 0 Å². The largest absolute Gasteiger partial charge is 0.489 e. The lowest BCUT2D eigenvalue weighted by Gasteiger charge is -2.18. The van der Waals surface area contributed by atoms with E-state index in [0.29, 0.717) is 23.2 Å². The van der Waals surface area contributed by atoms with E-state index in [1.54, 1.807) is 61.6 Å². The third kappa shape index (κ3) is 4.62. The van der Waals surface area contributed by atoms with Crippen LogP contribution >= 0.6 is 0 Å². The van der Waals surface area contributed by atoms with Gasteiger partial charge in [-0.3, -0.25) is 9.59 Å². The number of amides is 1. The van der Waals surface area contributed by atoms with Crippen molar-refractivity contribution in [3.63, 3.8) is 0 Å². The zero-order valence-corrected chi connectivity index (χ0v) is 15.5. The molecular formula is C23H20FNO3. The normalized spacial score (nSPS) is 10.4. The lowest BCUT2D eigenvalue weighted by molar-refractivity contribution is 0.0772. The van der Waals surface area contributed by atoms with E-state index in [4.69, 9.17) is 4.74 Å². The molecule has 0 aliphatic rings. The number of carbonyl (C=O) groups is 2. The Morgan fingerprint density at radius 3 is 2.07 bits per heavy atom. The summed E-state index contributed by atoms with van der Waals surface area (Å²) >= 11 is 0. The fourth-order valence-electron chi connectivity index (χ4n) is 2.70. The number of benzene rings is 3. The summed E-state index contributed by atoms with van der Waals surface area (Å²) in [6, 6.07) is 21.7. The molecule has 0 bridgehead atoms. The van der Waals surface area contributed by atoms with Crippen LogP contribution < -0.4 is 4.74 Å². The van der Waals surface area contributed by atoms with Gasteiger partial charge in [0, 0.05) is 23.7 Å². The predicted molar refractivity (Wildman–Crippen MR) is 105 cm³/mol. The second-order valence-corrected chi connectivity index (χ2v) is 6.28. The molecule has 0 aromatic heterocycles. The third-order valence-electron chi connectivity index (χ3n) is 4.30. The van der Waals surface area contributed by atoms with Gasteiger partial charge in [0.1, 0.15) is 6.61 Å². The van der Waals surface area contributed by atoms with Gasteiger partial charge in [0.25, 0.3) is 5.91 Å². The van der Waals surface area contributed by atoms with Crippen molar-refractivity contribution in [3.8, 4) is 5.75 Å². The Hall–Kier alpha value is -3.47. The van der Waals surface area contributed by atoms with Crippen molar-refractivity contribution in [1.29, 1.82) is 0 Å². The van der Waals surface area contributed by atoms with E-state index in [9.17, 15) is 14.0 Å². The van der Waals surface area contributed by atoms with Gasteiger partial charge < -0.3 is 9.64 Å². The van der Waals surface area contributed by atoms with Crippen molar-refractivity contribution >= 4 is 11.7 Å². The maximum Gasteiger partial charge on any atom is 0.253 e. The number of hydrogen-bond acceptors (Lipinski definition) is 3. The predicted octanol–water partition coefficient (Wildman–Crippen LogP) is 4.21. The Morgan fingerprint density at radius 2 is 1.39 bits per heavy atom. The molecule has 4 nitrogen and oxygen atoms in total. The molecule has 0 radical (unpaired) electrons. The number of carbonyl (C=O) groups excluding carboxylic acids is 2. The van der Waals surface area contributed by atoms with Gasteiger partial charge in [0.15, 0.2) is 17.3 Å². The average molecular weight is 377 g/mol. The van der Waals surface area contributed by atoms with Gasteiger partial charge in [-0.2, -0.15) is 0 Å². The minimum atomic E-state index is -0.435. The van der Waals surface area contributed by atoms with Crippen LogP contribution in [0.3, 0.4) is 0 Å². The van der Waals surface area contributed by atoms with E-state index in [1.165, 1.54) is 11.0 Å². The molecule has 0 aliphatic carbocycles. The van der Waals surface area contributed by atoms with Gasteiger partial charge >= 0.3 is 0 Å². The molecule has 3 rings (SSSR count). The van der Waals surface area contributed by atoms with Crippen molar-refractivity contribution < 1.29 is 18.7 Å². The topological polar surface area (TPSA) is 46.6 Å². The molecule has 0 heterocycles. The number of nitrogens with zero attached hydrogens (tertiary/aromatic N) is 1. The first-order valence-electron chi connectivity index (χ1n) is 8.89. The Kier molecular flexibility index (Phi) is 6.17. The maximum absolute atomic E-state index is 13.5. The lowest BCUT2D eigenvalue weighted by Crippen LogP contribution is -2.31. The maximum atomic E-state index is 13.5. The van der Waals surface area contributed by atoms with Crippen LogP contribution in [0.2, 0.25) is 0 Å². The number of para-hydroxylation sites is 1. The van der Waals surface area contributed by atoms with Crippen molar-refractivity contribution in [1.82, 2.24) is 4.90 Å². The molecule has 0 fully saturated rings. The number of rotatable bonds is 7. The number of ketones is 1. The minimum Gasteiger partial charge on any atom is -0.489 e. The molecule has 3 aromatic rings. The van der Waals surface area contributed by atoms with Crippen LogP contribution in [0.15, 0.2) is 78.9 Å². The Bertz CT molecular complexity index is 955. The summed E-state index contributed by atoms with van der Waals surface area (Å²) in [6.07, 6.45) is 0. The highest BCUT2D eigenvalue weighted by molar-refractivity contribution is 6.09. The van der Waals surface area contributed by atoms with Gasteiger partial charge in [-0.15, -0.1) is 0 Å². The van der Waals surface area contributed by atoms with E-state index in [-0.39, 0.29) is 24.0 Å². The van der Waals surface area contributed by atoms with Crippen molar-refractivity contribution in [2.24, 2.45) is 0 Å². The van der Waals surface area contributed by atoms with Crippen LogP contribution in [-0.4, -0.2) is 36.8 Å². The first-order valence-corrected chi connectivity index (χ1v) is 8.89. The van der Waals surface area contributed by atoms with Crippen LogP contribution in [0.5, 0.6) is 5.75 Å². The second kappa shape index (κ2) is 8.95. The van der Waals surface area contributed by atoms with Crippen LogP contribution in [0.1, 0.15) is 26.3 Å². The molecule has 5 heteroatoms. The lowest BCUT2D eigenvalue weighted by atomic mass is 10.0.